The SMILES string of the molecule is O=C(C=Cc1ccccc1Br)N1CCC(c2nc(-c3ccc(Cl)c(Cl)c3)cs2)CC1. The minimum atomic E-state index is 0.0554. The number of rotatable bonds is 4. The number of carbonyl (C=O) groups excluding carboxylic acids is 1. The number of thiazole rings is 1. The lowest BCUT2D eigenvalue weighted by Gasteiger charge is -2.30. The summed E-state index contributed by atoms with van der Waals surface area (Å²) in [4.78, 5) is 19.3. The zero-order valence-electron chi connectivity index (χ0n) is 16.0. The normalized spacial score (nSPS) is 15.1. The fourth-order valence-electron chi connectivity index (χ4n) is 3.49. The zero-order valence-corrected chi connectivity index (χ0v) is 19.9. The van der Waals surface area contributed by atoms with Crippen molar-refractivity contribution in [2.24, 2.45) is 0 Å². The van der Waals surface area contributed by atoms with Crippen LogP contribution in [0.1, 0.15) is 29.3 Å². The van der Waals surface area contributed by atoms with E-state index in [9.17, 15) is 4.79 Å². The molecule has 0 aliphatic carbocycles. The van der Waals surface area contributed by atoms with Gasteiger partial charge in [-0.1, -0.05) is 63.4 Å². The summed E-state index contributed by atoms with van der Waals surface area (Å²) in [6.07, 6.45) is 5.36. The maximum atomic E-state index is 12.6. The molecule has 3 nitrogen and oxygen atoms in total. The molecule has 0 bridgehead atoms. The van der Waals surface area contributed by atoms with Crippen molar-refractivity contribution < 1.29 is 4.79 Å². The smallest absolute Gasteiger partial charge is 0.246 e. The Morgan fingerprint density at radius 3 is 2.63 bits per heavy atom. The second kappa shape index (κ2) is 9.65. The zero-order chi connectivity index (χ0) is 21.1. The van der Waals surface area contributed by atoms with Crippen LogP contribution in [-0.2, 0) is 4.79 Å². The molecule has 1 saturated heterocycles. The van der Waals surface area contributed by atoms with Crippen LogP contribution in [0.2, 0.25) is 10.0 Å². The van der Waals surface area contributed by atoms with Gasteiger partial charge in [0.15, 0.2) is 0 Å². The molecule has 0 atom stereocenters. The molecule has 2 aromatic carbocycles. The molecular weight excluding hydrogens is 503 g/mol. The number of halogens is 3. The van der Waals surface area contributed by atoms with E-state index < -0.39 is 0 Å². The number of carbonyl (C=O) groups is 1. The number of aromatic nitrogens is 1. The maximum absolute atomic E-state index is 12.6. The second-order valence-electron chi connectivity index (χ2n) is 7.15. The first-order valence-corrected chi connectivity index (χ1v) is 12.1. The first kappa shape index (κ1) is 21.6. The van der Waals surface area contributed by atoms with Crippen molar-refractivity contribution in [3.05, 3.63) is 79.0 Å². The summed E-state index contributed by atoms with van der Waals surface area (Å²) in [5, 5.41) is 4.26. The summed E-state index contributed by atoms with van der Waals surface area (Å²) < 4.78 is 0.981. The molecule has 2 heterocycles. The average Bonchev–Trinajstić information content (AvgIpc) is 3.25. The molecule has 1 aliphatic rings. The standard InChI is InChI=1S/C23H19BrCl2N2OS/c24-18-4-2-1-3-15(18)6-8-22(29)28-11-9-16(10-12-28)23-27-21(14-30-23)17-5-7-19(25)20(26)13-17/h1-8,13-14,16H,9-12H2. The van der Waals surface area contributed by atoms with Crippen LogP contribution in [0, 0.1) is 0 Å². The molecule has 1 amide bonds. The quantitative estimate of drug-likeness (QED) is 0.337. The van der Waals surface area contributed by atoms with Crippen LogP contribution in [0.5, 0.6) is 0 Å². The Morgan fingerprint density at radius 1 is 1.13 bits per heavy atom. The van der Waals surface area contributed by atoms with Crippen molar-refractivity contribution in [3.8, 4) is 11.3 Å². The lowest BCUT2D eigenvalue weighted by Crippen LogP contribution is -2.36. The van der Waals surface area contributed by atoms with E-state index >= 15 is 0 Å². The monoisotopic (exact) mass is 520 g/mol. The number of hydrogen-bond donors (Lipinski definition) is 0. The van der Waals surface area contributed by atoms with Crippen LogP contribution in [0.25, 0.3) is 17.3 Å². The third kappa shape index (κ3) is 4.97. The Kier molecular flexibility index (Phi) is 6.94. The third-order valence-electron chi connectivity index (χ3n) is 5.20. The van der Waals surface area contributed by atoms with Gasteiger partial charge >= 0.3 is 0 Å². The van der Waals surface area contributed by atoms with E-state index in [0.717, 1.165) is 52.2 Å². The molecule has 154 valence electrons. The van der Waals surface area contributed by atoms with Crippen LogP contribution < -0.4 is 0 Å². The molecule has 0 N–H and O–H groups in total. The molecule has 7 heteroatoms. The average molecular weight is 522 g/mol. The van der Waals surface area contributed by atoms with Gasteiger partial charge in [-0.15, -0.1) is 11.3 Å². The summed E-state index contributed by atoms with van der Waals surface area (Å²) in [6, 6.07) is 13.4. The molecule has 1 aromatic heterocycles. The molecule has 3 aromatic rings. The number of amides is 1. The number of benzene rings is 2. The van der Waals surface area contributed by atoms with Gasteiger partial charge < -0.3 is 4.90 Å². The molecule has 30 heavy (non-hydrogen) atoms. The Bertz CT molecular complexity index is 1090. The highest BCUT2D eigenvalue weighted by Gasteiger charge is 2.25. The van der Waals surface area contributed by atoms with Gasteiger partial charge in [0, 0.05) is 40.5 Å². The van der Waals surface area contributed by atoms with Gasteiger partial charge in [0.05, 0.1) is 20.7 Å². The second-order valence-corrected chi connectivity index (χ2v) is 9.71. The van der Waals surface area contributed by atoms with Crippen molar-refractivity contribution in [3.63, 3.8) is 0 Å². The summed E-state index contributed by atoms with van der Waals surface area (Å²) in [5.41, 5.74) is 2.89. The van der Waals surface area contributed by atoms with E-state index in [1.165, 1.54) is 0 Å². The first-order valence-electron chi connectivity index (χ1n) is 9.63. The number of nitrogens with zero attached hydrogens (tertiary/aromatic N) is 2. The predicted molar refractivity (Wildman–Crippen MR) is 129 cm³/mol. The molecule has 0 radical (unpaired) electrons. The van der Waals surface area contributed by atoms with E-state index in [4.69, 9.17) is 28.2 Å². The van der Waals surface area contributed by atoms with Crippen LogP contribution in [-0.4, -0.2) is 28.9 Å². The fourth-order valence-corrected chi connectivity index (χ4v) is 5.20. The van der Waals surface area contributed by atoms with Gasteiger partial charge in [-0.3, -0.25) is 4.79 Å². The van der Waals surface area contributed by atoms with Gasteiger partial charge in [0.2, 0.25) is 5.91 Å². The Labute approximate surface area is 198 Å². The van der Waals surface area contributed by atoms with E-state index in [1.54, 1.807) is 23.5 Å². The molecule has 0 saturated carbocycles. The van der Waals surface area contributed by atoms with Gasteiger partial charge in [0.1, 0.15) is 0 Å². The Hall–Kier alpha value is -1.66. The number of piperidine rings is 1. The van der Waals surface area contributed by atoms with Crippen LogP contribution >= 0.6 is 50.5 Å². The first-order chi connectivity index (χ1) is 14.5. The largest absolute Gasteiger partial charge is 0.339 e. The van der Waals surface area contributed by atoms with Crippen molar-refractivity contribution in [1.29, 1.82) is 0 Å². The lowest BCUT2D eigenvalue weighted by atomic mass is 9.97. The molecule has 1 aliphatic heterocycles. The molecule has 0 spiro atoms. The minimum Gasteiger partial charge on any atom is -0.339 e. The molecule has 4 rings (SSSR count). The number of likely N-dealkylation sites (tertiary alicyclic amines) is 1. The van der Waals surface area contributed by atoms with Crippen LogP contribution in [0.15, 0.2) is 58.4 Å². The number of hydrogen-bond acceptors (Lipinski definition) is 3. The van der Waals surface area contributed by atoms with Gasteiger partial charge in [-0.25, -0.2) is 4.98 Å². The topological polar surface area (TPSA) is 33.2 Å². The molecular formula is C23H19BrCl2N2OS. The van der Waals surface area contributed by atoms with Gasteiger partial charge in [-0.05, 0) is 42.7 Å². The Balaban J connectivity index is 1.36. The summed E-state index contributed by atoms with van der Waals surface area (Å²) in [6.45, 7) is 1.48. The van der Waals surface area contributed by atoms with E-state index in [2.05, 4.69) is 21.3 Å². The van der Waals surface area contributed by atoms with Crippen molar-refractivity contribution in [2.75, 3.05) is 13.1 Å². The van der Waals surface area contributed by atoms with E-state index in [0.29, 0.717) is 16.0 Å². The van der Waals surface area contributed by atoms with E-state index in [-0.39, 0.29) is 5.91 Å². The van der Waals surface area contributed by atoms with Crippen molar-refractivity contribution in [1.82, 2.24) is 9.88 Å². The third-order valence-corrected chi connectivity index (χ3v) is 7.67. The van der Waals surface area contributed by atoms with Crippen LogP contribution in [0.3, 0.4) is 0 Å². The van der Waals surface area contributed by atoms with E-state index in [1.807, 2.05) is 47.4 Å². The lowest BCUT2D eigenvalue weighted by molar-refractivity contribution is -0.126. The maximum Gasteiger partial charge on any atom is 0.246 e. The Morgan fingerprint density at radius 2 is 1.90 bits per heavy atom. The minimum absolute atomic E-state index is 0.0554. The summed E-state index contributed by atoms with van der Waals surface area (Å²) >= 11 is 17.3. The highest BCUT2D eigenvalue weighted by molar-refractivity contribution is 9.10. The highest BCUT2D eigenvalue weighted by atomic mass is 79.9. The van der Waals surface area contributed by atoms with Crippen LogP contribution in [0.4, 0.5) is 0 Å². The molecule has 0 unspecified atom stereocenters. The fraction of sp³-hybridized carbons (Fsp3) is 0.217. The van der Waals surface area contributed by atoms with Crippen molar-refractivity contribution >= 4 is 62.5 Å². The van der Waals surface area contributed by atoms with Gasteiger partial charge in [0.25, 0.3) is 0 Å². The van der Waals surface area contributed by atoms with Gasteiger partial charge in [-0.2, -0.15) is 0 Å². The predicted octanol–water partition coefficient (Wildman–Crippen LogP) is 7.30. The molecule has 1 fully saturated rings. The van der Waals surface area contributed by atoms with Crippen molar-refractivity contribution in [2.45, 2.75) is 18.8 Å². The highest BCUT2D eigenvalue weighted by Crippen LogP contribution is 2.34. The summed E-state index contributed by atoms with van der Waals surface area (Å²) in [5.74, 6) is 0.433. The summed E-state index contributed by atoms with van der Waals surface area (Å²) in [7, 11) is 0.